The molecule has 0 radical (unpaired) electrons. The van der Waals surface area contributed by atoms with E-state index in [0.29, 0.717) is 28.0 Å². The van der Waals surface area contributed by atoms with Crippen molar-refractivity contribution in [2.45, 2.75) is 13.0 Å². The zero-order valence-electron chi connectivity index (χ0n) is 21.6. The monoisotopic (exact) mass is 529 g/mol. The number of nitrogens with two attached hydrogens (primary N) is 1. The smallest absolute Gasteiger partial charge is 0.270 e. The highest BCUT2D eigenvalue weighted by molar-refractivity contribution is 6.10. The molecular formula is C30H23N7O3. The summed E-state index contributed by atoms with van der Waals surface area (Å²) in [4.78, 5) is 36.5. The second kappa shape index (κ2) is 9.89. The molecule has 0 spiro atoms. The van der Waals surface area contributed by atoms with Crippen molar-refractivity contribution in [2.75, 3.05) is 5.73 Å². The zero-order chi connectivity index (χ0) is 27.8. The number of furan rings is 1. The van der Waals surface area contributed by atoms with E-state index in [0.717, 1.165) is 5.39 Å². The molecule has 0 aliphatic carbocycles. The van der Waals surface area contributed by atoms with Gasteiger partial charge in [0.15, 0.2) is 0 Å². The van der Waals surface area contributed by atoms with Crippen molar-refractivity contribution in [3.05, 3.63) is 112 Å². The first-order chi connectivity index (χ1) is 19.4. The number of para-hydroxylation sites is 1. The van der Waals surface area contributed by atoms with Crippen LogP contribution >= 0.6 is 0 Å². The third-order valence-electron chi connectivity index (χ3n) is 6.46. The fraction of sp³-hybridized carbons (Fsp3) is 0.100. The lowest BCUT2D eigenvalue weighted by atomic mass is 10.1. The molecule has 2 aromatic carbocycles. The van der Waals surface area contributed by atoms with E-state index in [1.54, 1.807) is 61.5 Å². The lowest BCUT2D eigenvalue weighted by Gasteiger charge is -2.19. The Morgan fingerprint density at radius 2 is 1.93 bits per heavy atom. The third kappa shape index (κ3) is 4.35. The van der Waals surface area contributed by atoms with Gasteiger partial charge in [-0.2, -0.15) is 10.1 Å². The molecule has 6 aromatic rings. The minimum Gasteiger partial charge on any atom is -0.445 e. The largest absolute Gasteiger partial charge is 0.445 e. The maximum Gasteiger partial charge on any atom is 0.270 e. The zero-order valence-corrected chi connectivity index (χ0v) is 21.6. The Morgan fingerprint density at radius 1 is 1.10 bits per heavy atom. The van der Waals surface area contributed by atoms with E-state index in [1.807, 2.05) is 30.3 Å². The number of carbonyl (C=O) groups is 1. The van der Waals surface area contributed by atoms with Gasteiger partial charge in [0.05, 0.1) is 40.1 Å². The lowest BCUT2D eigenvalue weighted by Crippen LogP contribution is -2.33. The van der Waals surface area contributed by atoms with Crippen molar-refractivity contribution in [1.82, 2.24) is 29.6 Å². The summed E-state index contributed by atoms with van der Waals surface area (Å²) in [6, 6.07) is 15.5. The summed E-state index contributed by atoms with van der Waals surface area (Å²) in [6.07, 6.45) is 6.43. The Morgan fingerprint density at radius 3 is 2.70 bits per heavy atom. The van der Waals surface area contributed by atoms with Gasteiger partial charge in [-0.15, -0.1) is 0 Å². The molecule has 10 nitrogen and oxygen atoms in total. The lowest BCUT2D eigenvalue weighted by molar-refractivity contribution is 0.0940. The molecule has 0 saturated carbocycles. The number of nitrogens with one attached hydrogen (secondary N) is 1. The summed E-state index contributed by atoms with van der Waals surface area (Å²) in [5, 5.41) is 8.08. The van der Waals surface area contributed by atoms with Gasteiger partial charge in [0.1, 0.15) is 17.5 Å². The van der Waals surface area contributed by atoms with Crippen LogP contribution in [0.25, 0.3) is 27.7 Å². The SMILES string of the molecule is C[C@H](NC(=O)c1c(N)ccc2cccnc12)c1nc2occ(C#Cc3cnn(C)c3)c2c(=O)n1-c1ccccc1. The van der Waals surface area contributed by atoms with Gasteiger partial charge in [-0.25, -0.2) is 0 Å². The van der Waals surface area contributed by atoms with Crippen LogP contribution in [0.5, 0.6) is 0 Å². The molecule has 40 heavy (non-hydrogen) atoms. The quantitative estimate of drug-likeness (QED) is 0.262. The number of anilines is 1. The summed E-state index contributed by atoms with van der Waals surface area (Å²) < 4.78 is 8.79. The second-order valence-corrected chi connectivity index (χ2v) is 9.23. The molecule has 0 saturated heterocycles. The molecule has 1 amide bonds. The van der Waals surface area contributed by atoms with Gasteiger partial charge < -0.3 is 15.5 Å². The summed E-state index contributed by atoms with van der Waals surface area (Å²) in [5.74, 6) is 5.85. The minimum absolute atomic E-state index is 0.120. The summed E-state index contributed by atoms with van der Waals surface area (Å²) in [6.45, 7) is 1.74. The summed E-state index contributed by atoms with van der Waals surface area (Å²) in [7, 11) is 1.80. The first-order valence-corrected chi connectivity index (χ1v) is 12.4. The molecule has 196 valence electrons. The Kier molecular flexibility index (Phi) is 6.09. The van der Waals surface area contributed by atoms with Crippen LogP contribution in [0.2, 0.25) is 0 Å². The number of amides is 1. The fourth-order valence-electron chi connectivity index (χ4n) is 4.57. The number of pyridine rings is 1. The predicted molar refractivity (Wildman–Crippen MR) is 151 cm³/mol. The van der Waals surface area contributed by atoms with E-state index in [1.165, 1.54) is 10.8 Å². The second-order valence-electron chi connectivity index (χ2n) is 9.23. The molecule has 4 heterocycles. The minimum atomic E-state index is -0.710. The number of aryl methyl sites for hydroxylation is 1. The maximum absolute atomic E-state index is 14.0. The van der Waals surface area contributed by atoms with Gasteiger partial charge in [-0.05, 0) is 31.2 Å². The Bertz CT molecular complexity index is 2030. The summed E-state index contributed by atoms with van der Waals surface area (Å²) in [5.41, 5.74) is 8.65. The van der Waals surface area contributed by atoms with E-state index in [2.05, 4.69) is 32.2 Å². The van der Waals surface area contributed by atoms with Crippen molar-refractivity contribution in [3.8, 4) is 17.5 Å². The highest BCUT2D eigenvalue weighted by atomic mass is 16.3. The molecular weight excluding hydrogens is 506 g/mol. The van der Waals surface area contributed by atoms with Crippen LogP contribution < -0.4 is 16.6 Å². The van der Waals surface area contributed by atoms with Gasteiger partial charge >= 0.3 is 0 Å². The molecule has 6 rings (SSSR count). The molecule has 3 N–H and O–H groups in total. The van der Waals surface area contributed by atoms with E-state index in [-0.39, 0.29) is 28.0 Å². The number of carbonyl (C=O) groups excluding carboxylic acids is 1. The van der Waals surface area contributed by atoms with Gasteiger partial charge in [-0.3, -0.25) is 23.8 Å². The van der Waals surface area contributed by atoms with Crippen LogP contribution in [0.3, 0.4) is 0 Å². The molecule has 4 aromatic heterocycles. The van der Waals surface area contributed by atoms with Gasteiger partial charge in [-0.1, -0.05) is 42.2 Å². The number of hydrogen-bond acceptors (Lipinski definition) is 7. The van der Waals surface area contributed by atoms with E-state index < -0.39 is 11.9 Å². The molecule has 0 aliphatic rings. The Labute approximate surface area is 228 Å². The van der Waals surface area contributed by atoms with Crippen molar-refractivity contribution >= 4 is 33.6 Å². The highest BCUT2D eigenvalue weighted by Gasteiger charge is 2.24. The van der Waals surface area contributed by atoms with Crippen LogP contribution in [0.4, 0.5) is 5.69 Å². The van der Waals surface area contributed by atoms with Crippen LogP contribution in [-0.2, 0) is 7.05 Å². The van der Waals surface area contributed by atoms with Crippen molar-refractivity contribution in [1.29, 1.82) is 0 Å². The van der Waals surface area contributed by atoms with Gasteiger partial charge in [0.25, 0.3) is 11.5 Å². The molecule has 0 fully saturated rings. The number of nitrogens with zero attached hydrogens (tertiary/aromatic N) is 5. The van der Waals surface area contributed by atoms with E-state index in [4.69, 9.17) is 10.2 Å². The van der Waals surface area contributed by atoms with Gasteiger partial charge in [0, 0.05) is 30.5 Å². The van der Waals surface area contributed by atoms with Gasteiger partial charge in [0.2, 0.25) is 5.71 Å². The standard InChI is InChI=1S/C30H23N7O3/c1-18(34-28(38)25-23(31)13-12-20-7-6-14-32-26(20)25)27-35-29-24(30(39)37(27)22-8-4-3-5-9-22)21(17-40-29)11-10-19-15-33-36(2)16-19/h3-9,12-18H,31H2,1-2H3,(H,34,38)/t18-/m0/s1. The van der Waals surface area contributed by atoms with Crippen LogP contribution in [-0.4, -0.2) is 30.2 Å². The normalized spacial score (nSPS) is 11.8. The number of fused-ring (bicyclic) bond motifs is 2. The number of aromatic nitrogens is 5. The average molecular weight is 530 g/mol. The molecule has 10 heteroatoms. The molecule has 0 aliphatic heterocycles. The number of rotatable bonds is 4. The average Bonchev–Trinajstić information content (AvgIpc) is 3.57. The van der Waals surface area contributed by atoms with Crippen LogP contribution in [0.15, 0.2) is 88.7 Å². The van der Waals surface area contributed by atoms with Crippen molar-refractivity contribution in [2.24, 2.45) is 7.05 Å². The van der Waals surface area contributed by atoms with Crippen molar-refractivity contribution in [3.63, 3.8) is 0 Å². The molecule has 1 atom stereocenters. The van der Waals surface area contributed by atoms with Crippen molar-refractivity contribution < 1.29 is 9.21 Å². The van der Waals surface area contributed by atoms with Crippen LogP contribution in [0, 0.1) is 11.8 Å². The van der Waals surface area contributed by atoms with Crippen LogP contribution in [0.1, 0.15) is 40.3 Å². The first kappa shape index (κ1) is 24.6. The number of hydrogen-bond donors (Lipinski definition) is 2. The maximum atomic E-state index is 14.0. The van der Waals surface area contributed by atoms with E-state index >= 15 is 0 Å². The molecule has 0 unspecified atom stereocenters. The topological polar surface area (TPSA) is 134 Å². The highest BCUT2D eigenvalue weighted by Crippen LogP contribution is 2.25. The number of benzene rings is 2. The molecule has 0 bridgehead atoms. The third-order valence-corrected chi connectivity index (χ3v) is 6.46. The Hall–Kier alpha value is -5.69. The fourth-order valence-corrected chi connectivity index (χ4v) is 4.57. The number of nitrogen functional groups attached to an aromatic ring is 1. The predicted octanol–water partition coefficient (Wildman–Crippen LogP) is 3.73. The van der Waals surface area contributed by atoms with E-state index in [9.17, 15) is 9.59 Å². The summed E-state index contributed by atoms with van der Waals surface area (Å²) >= 11 is 0. The first-order valence-electron chi connectivity index (χ1n) is 12.4. The Balaban J connectivity index is 1.45.